The van der Waals surface area contributed by atoms with Crippen molar-refractivity contribution in [2.45, 2.75) is 31.2 Å². The van der Waals surface area contributed by atoms with Crippen molar-refractivity contribution in [2.75, 3.05) is 39.5 Å². The first kappa shape index (κ1) is 14.8. The lowest BCUT2D eigenvalue weighted by Gasteiger charge is -2.21. The van der Waals surface area contributed by atoms with Crippen molar-refractivity contribution in [3.63, 3.8) is 0 Å². The molecule has 3 rings (SSSR count). The van der Waals surface area contributed by atoms with Crippen molar-refractivity contribution in [3.8, 4) is 0 Å². The second kappa shape index (κ2) is 6.33. The van der Waals surface area contributed by atoms with Gasteiger partial charge in [0.05, 0.1) is 32.2 Å². The standard InChI is InChI=1S/C13H19F2N3O3/c14-13(15)8-18(3-5-20-9-13)6-11-16-17-12(21-11)10-2-1-4-19-7-10/h10H,1-9H2. The molecule has 1 aromatic heterocycles. The van der Waals surface area contributed by atoms with Crippen molar-refractivity contribution in [1.82, 2.24) is 15.1 Å². The predicted molar refractivity (Wildman–Crippen MR) is 68.1 cm³/mol. The van der Waals surface area contributed by atoms with E-state index in [0.29, 0.717) is 24.9 Å². The summed E-state index contributed by atoms with van der Waals surface area (Å²) in [4.78, 5) is 1.58. The van der Waals surface area contributed by atoms with Crippen LogP contribution in [0.25, 0.3) is 0 Å². The highest BCUT2D eigenvalue weighted by Crippen LogP contribution is 2.25. The van der Waals surface area contributed by atoms with Crippen LogP contribution in [0, 0.1) is 0 Å². The quantitative estimate of drug-likeness (QED) is 0.842. The van der Waals surface area contributed by atoms with Gasteiger partial charge in [-0.15, -0.1) is 10.2 Å². The minimum Gasteiger partial charge on any atom is -0.423 e. The molecule has 2 fully saturated rings. The van der Waals surface area contributed by atoms with Crippen LogP contribution in [0.1, 0.15) is 30.5 Å². The summed E-state index contributed by atoms with van der Waals surface area (Å²) < 4.78 is 42.8. The maximum atomic E-state index is 13.5. The first-order chi connectivity index (χ1) is 10.1. The first-order valence-corrected chi connectivity index (χ1v) is 7.20. The Morgan fingerprint density at radius 1 is 1.24 bits per heavy atom. The number of hydrogen-bond acceptors (Lipinski definition) is 6. The summed E-state index contributed by atoms with van der Waals surface area (Å²) in [5, 5.41) is 7.99. The van der Waals surface area contributed by atoms with E-state index in [-0.39, 0.29) is 25.6 Å². The number of aromatic nitrogens is 2. The Bertz CT molecular complexity index is 463. The van der Waals surface area contributed by atoms with E-state index in [2.05, 4.69) is 10.2 Å². The Morgan fingerprint density at radius 2 is 2.14 bits per heavy atom. The third kappa shape index (κ3) is 3.96. The van der Waals surface area contributed by atoms with Gasteiger partial charge in [-0.25, -0.2) is 8.78 Å². The monoisotopic (exact) mass is 303 g/mol. The van der Waals surface area contributed by atoms with Crippen LogP contribution in [0.4, 0.5) is 8.78 Å². The Labute approximate surface area is 121 Å². The largest absolute Gasteiger partial charge is 0.423 e. The molecule has 118 valence electrons. The lowest BCUT2D eigenvalue weighted by molar-refractivity contribution is -0.0694. The van der Waals surface area contributed by atoms with E-state index >= 15 is 0 Å². The average molecular weight is 303 g/mol. The van der Waals surface area contributed by atoms with E-state index in [0.717, 1.165) is 19.4 Å². The Hall–Kier alpha value is -1.12. The number of halogens is 2. The smallest absolute Gasteiger partial charge is 0.283 e. The van der Waals surface area contributed by atoms with E-state index in [1.165, 1.54) is 0 Å². The zero-order valence-electron chi connectivity index (χ0n) is 11.8. The summed E-state index contributed by atoms with van der Waals surface area (Å²) in [6.45, 7) is 1.40. The lowest BCUT2D eigenvalue weighted by atomic mass is 10.0. The fourth-order valence-electron chi connectivity index (χ4n) is 2.62. The van der Waals surface area contributed by atoms with Gasteiger partial charge in [0, 0.05) is 13.2 Å². The summed E-state index contributed by atoms with van der Waals surface area (Å²) in [6.07, 6.45) is 1.93. The second-order valence-corrected chi connectivity index (χ2v) is 5.57. The number of rotatable bonds is 3. The van der Waals surface area contributed by atoms with Gasteiger partial charge in [-0.3, -0.25) is 4.90 Å². The van der Waals surface area contributed by atoms with E-state index in [1.807, 2.05) is 0 Å². The van der Waals surface area contributed by atoms with Crippen LogP contribution in [0.15, 0.2) is 4.42 Å². The number of ether oxygens (including phenoxy) is 2. The highest BCUT2D eigenvalue weighted by molar-refractivity contribution is 4.93. The van der Waals surface area contributed by atoms with Gasteiger partial charge in [-0.1, -0.05) is 0 Å². The molecule has 0 aromatic carbocycles. The molecule has 0 spiro atoms. The Morgan fingerprint density at radius 3 is 2.95 bits per heavy atom. The van der Waals surface area contributed by atoms with E-state index in [4.69, 9.17) is 13.9 Å². The summed E-state index contributed by atoms with van der Waals surface area (Å²) in [5.74, 6) is -1.80. The third-order valence-electron chi connectivity index (χ3n) is 3.67. The van der Waals surface area contributed by atoms with Gasteiger partial charge in [0.1, 0.15) is 6.61 Å². The molecule has 0 bridgehead atoms. The molecule has 0 saturated carbocycles. The summed E-state index contributed by atoms with van der Waals surface area (Å²) in [6, 6.07) is 0. The van der Waals surface area contributed by atoms with Crippen molar-refractivity contribution in [2.24, 2.45) is 0 Å². The first-order valence-electron chi connectivity index (χ1n) is 7.20. The number of alkyl halides is 2. The number of hydrogen-bond donors (Lipinski definition) is 0. The second-order valence-electron chi connectivity index (χ2n) is 5.57. The van der Waals surface area contributed by atoms with Gasteiger partial charge < -0.3 is 13.9 Å². The minimum atomic E-state index is -2.84. The summed E-state index contributed by atoms with van der Waals surface area (Å²) >= 11 is 0. The zero-order valence-corrected chi connectivity index (χ0v) is 11.8. The fraction of sp³-hybridized carbons (Fsp3) is 0.846. The van der Waals surface area contributed by atoms with Crippen molar-refractivity contribution in [1.29, 1.82) is 0 Å². The third-order valence-corrected chi connectivity index (χ3v) is 3.67. The van der Waals surface area contributed by atoms with E-state index in [9.17, 15) is 8.78 Å². The van der Waals surface area contributed by atoms with Crippen LogP contribution in [0.5, 0.6) is 0 Å². The van der Waals surface area contributed by atoms with E-state index in [1.54, 1.807) is 4.90 Å². The zero-order chi connectivity index (χ0) is 14.7. The van der Waals surface area contributed by atoms with Crippen molar-refractivity contribution < 1.29 is 22.7 Å². The molecule has 2 aliphatic heterocycles. The SMILES string of the molecule is FC1(F)COCCN(Cc2nnc(C3CCCOC3)o2)C1. The predicted octanol–water partition coefficient (Wildman–Crippen LogP) is 1.43. The molecule has 2 aliphatic rings. The normalized spacial score (nSPS) is 27.4. The highest BCUT2D eigenvalue weighted by atomic mass is 19.3. The fourth-order valence-corrected chi connectivity index (χ4v) is 2.62. The van der Waals surface area contributed by atoms with Crippen LogP contribution < -0.4 is 0 Å². The highest BCUT2D eigenvalue weighted by Gasteiger charge is 2.35. The van der Waals surface area contributed by atoms with Crippen LogP contribution in [-0.2, 0) is 16.0 Å². The van der Waals surface area contributed by atoms with Crippen LogP contribution in [0.3, 0.4) is 0 Å². The molecule has 0 radical (unpaired) electrons. The van der Waals surface area contributed by atoms with Gasteiger partial charge >= 0.3 is 0 Å². The molecular formula is C13H19F2N3O3. The molecule has 1 atom stereocenters. The van der Waals surface area contributed by atoms with Gasteiger partial charge in [-0.05, 0) is 12.8 Å². The topological polar surface area (TPSA) is 60.6 Å². The molecular weight excluding hydrogens is 284 g/mol. The minimum absolute atomic E-state index is 0.119. The van der Waals surface area contributed by atoms with Gasteiger partial charge in [-0.2, -0.15) is 0 Å². The van der Waals surface area contributed by atoms with Crippen LogP contribution in [0.2, 0.25) is 0 Å². The molecule has 21 heavy (non-hydrogen) atoms. The van der Waals surface area contributed by atoms with Crippen molar-refractivity contribution >= 4 is 0 Å². The Balaban J connectivity index is 1.60. The Kier molecular flexibility index (Phi) is 4.46. The number of nitrogens with zero attached hydrogens (tertiary/aromatic N) is 3. The summed E-state index contributed by atoms with van der Waals surface area (Å²) in [5.41, 5.74) is 0. The maximum Gasteiger partial charge on any atom is 0.283 e. The average Bonchev–Trinajstić information content (AvgIpc) is 2.85. The molecule has 0 amide bonds. The van der Waals surface area contributed by atoms with Crippen molar-refractivity contribution in [3.05, 3.63) is 11.8 Å². The van der Waals surface area contributed by atoms with Crippen LogP contribution >= 0.6 is 0 Å². The van der Waals surface area contributed by atoms with Crippen LogP contribution in [-0.4, -0.2) is 60.5 Å². The summed E-state index contributed by atoms with van der Waals surface area (Å²) in [7, 11) is 0. The molecule has 6 nitrogen and oxygen atoms in total. The molecule has 2 saturated heterocycles. The van der Waals surface area contributed by atoms with Gasteiger partial charge in [0.15, 0.2) is 0 Å². The molecule has 0 N–H and O–H groups in total. The molecule has 1 unspecified atom stereocenters. The lowest BCUT2D eigenvalue weighted by Crippen LogP contribution is -2.37. The molecule has 0 aliphatic carbocycles. The van der Waals surface area contributed by atoms with Gasteiger partial charge in [0.25, 0.3) is 5.92 Å². The molecule has 3 heterocycles. The maximum absolute atomic E-state index is 13.5. The molecule has 1 aromatic rings. The molecule has 8 heteroatoms. The van der Waals surface area contributed by atoms with E-state index < -0.39 is 12.5 Å². The van der Waals surface area contributed by atoms with Gasteiger partial charge in [0.2, 0.25) is 11.8 Å².